The van der Waals surface area contributed by atoms with E-state index in [4.69, 9.17) is 5.73 Å². The van der Waals surface area contributed by atoms with Crippen molar-refractivity contribution in [1.82, 2.24) is 4.67 Å². The van der Waals surface area contributed by atoms with Gasteiger partial charge in [0.2, 0.25) is 5.71 Å². The zero-order valence-corrected chi connectivity index (χ0v) is 4.18. The molecule has 0 aliphatic carbocycles. The van der Waals surface area contributed by atoms with Crippen molar-refractivity contribution in [3.63, 3.8) is 0 Å². The second kappa shape index (κ2) is 1.24. The number of amidine groups is 1. The Bertz CT molecular complexity index is 155. The van der Waals surface area contributed by atoms with Gasteiger partial charge in [-0.25, -0.2) is 4.67 Å². The first-order valence-corrected chi connectivity index (χ1v) is 2.15. The van der Waals surface area contributed by atoms with E-state index in [0.29, 0.717) is 5.84 Å². The van der Waals surface area contributed by atoms with Crippen LogP contribution in [0.4, 0.5) is 0 Å². The van der Waals surface area contributed by atoms with Crippen LogP contribution in [0.15, 0.2) is 12.2 Å². The first kappa shape index (κ1) is 4.16. The van der Waals surface area contributed by atoms with Crippen LogP contribution in [0.3, 0.4) is 0 Å². The fraction of sp³-hybridized carbons (Fsp3) is 0.200. The zero-order chi connectivity index (χ0) is 5.28. The van der Waals surface area contributed by atoms with Gasteiger partial charge in [-0.1, -0.05) is 0 Å². The predicted octanol–water partition coefficient (Wildman–Crippen LogP) is -0.558. The third-order valence-corrected chi connectivity index (χ3v) is 0.801. The molecule has 2 nitrogen and oxygen atoms in total. The summed E-state index contributed by atoms with van der Waals surface area (Å²) in [5.74, 6) is 0.609. The average Bonchev–Trinajstić information content (AvgIpc) is 1.87. The van der Waals surface area contributed by atoms with E-state index < -0.39 is 0 Å². The lowest BCUT2D eigenvalue weighted by atomic mass is 10.4. The maximum Gasteiger partial charge on any atom is 0.366 e. The Balaban J connectivity index is 3.03. The minimum absolute atomic E-state index is 0.609. The highest BCUT2D eigenvalue weighted by Gasteiger charge is 2.00. The molecule has 0 amide bonds. The van der Waals surface area contributed by atoms with Crippen LogP contribution >= 0.6 is 0 Å². The lowest BCUT2D eigenvalue weighted by Crippen LogP contribution is -2.08. The van der Waals surface area contributed by atoms with Crippen molar-refractivity contribution in [2.75, 3.05) is 0 Å². The van der Waals surface area contributed by atoms with Gasteiger partial charge in [-0.3, -0.25) is 5.73 Å². The molecule has 0 aromatic heterocycles. The fourth-order valence-electron chi connectivity index (χ4n) is 0.484. The van der Waals surface area contributed by atoms with Crippen molar-refractivity contribution in [3.8, 4) is 0 Å². The van der Waals surface area contributed by atoms with Gasteiger partial charge in [0, 0.05) is 19.1 Å². The molecule has 0 unspecified atom stereocenters. The van der Waals surface area contributed by atoms with Gasteiger partial charge >= 0.3 is 5.84 Å². The number of rotatable bonds is 0. The second-order valence-electron chi connectivity index (χ2n) is 1.51. The Hall–Kier alpha value is -1.01. The van der Waals surface area contributed by atoms with E-state index in [1.165, 1.54) is 0 Å². The van der Waals surface area contributed by atoms with Crippen LogP contribution in [-0.4, -0.2) is 11.5 Å². The maximum atomic E-state index is 5.27. The fourth-order valence-corrected chi connectivity index (χ4v) is 0.484. The van der Waals surface area contributed by atoms with Gasteiger partial charge in [0.05, 0.1) is 0 Å². The molecule has 0 saturated heterocycles. The molecule has 1 aliphatic rings. The Morgan fingerprint density at radius 3 is 2.43 bits per heavy atom. The molecule has 2 N–H and O–H groups in total. The summed E-state index contributed by atoms with van der Waals surface area (Å²) in [5, 5.41) is 0. The molecular weight excluding hydrogens is 88.1 g/mol. The predicted molar refractivity (Wildman–Crippen MR) is 31.1 cm³/mol. The maximum absolute atomic E-state index is 5.27. The Kier molecular flexibility index (Phi) is 0.739. The van der Waals surface area contributed by atoms with Crippen LogP contribution in [0.5, 0.6) is 0 Å². The van der Waals surface area contributed by atoms with E-state index >= 15 is 0 Å². The van der Waals surface area contributed by atoms with Gasteiger partial charge in [-0.15, -0.1) is 0 Å². The summed E-state index contributed by atoms with van der Waals surface area (Å²) in [5.41, 5.74) is 6.25. The van der Waals surface area contributed by atoms with Gasteiger partial charge in [0.25, 0.3) is 0 Å². The lowest BCUT2D eigenvalue weighted by molar-refractivity contribution is 1.57. The molecule has 1 aliphatic heterocycles. The van der Waals surface area contributed by atoms with Crippen molar-refractivity contribution in [1.29, 1.82) is 0 Å². The first-order valence-electron chi connectivity index (χ1n) is 2.15. The standard InChI is InChI=1S/C5H6N2/c1-4-2-3-5(6)7-4/h2-3,6H,1H3/p+1. The summed E-state index contributed by atoms with van der Waals surface area (Å²) < 4.78 is 3.89. The largest absolute Gasteiger partial charge is 0.366 e. The molecule has 0 aromatic rings. The normalized spacial score (nSPS) is 16.7. The van der Waals surface area contributed by atoms with Gasteiger partial charge in [-0.05, 0) is 0 Å². The second-order valence-corrected chi connectivity index (χ2v) is 1.51. The van der Waals surface area contributed by atoms with Crippen molar-refractivity contribution in [2.45, 2.75) is 6.92 Å². The van der Waals surface area contributed by atoms with Crippen LogP contribution in [0, 0.1) is 0 Å². The van der Waals surface area contributed by atoms with Crippen LogP contribution in [0.25, 0.3) is 0 Å². The molecule has 2 heteroatoms. The highest BCUT2D eigenvalue weighted by Crippen LogP contribution is 1.77. The van der Waals surface area contributed by atoms with Gasteiger partial charge in [-0.2, -0.15) is 0 Å². The van der Waals surface area contributed by atoms with E-state index in [-0.39, 0.29) is 0 Å². The molecule has 1 heterocycles. The van der Waals surface area contributed by atoms with Crippen LogP contribution in [0.1, 0.15) is 6.92 Å². The van der Waals surface area contributed by atoms with Gasteiger partial charge < -0.3 is 0 Å². The summed E-state index contributed by atoms with van der Waals surface area (Å²) in [6, 6.07) is 0. The van der Waals surface area contributed by atoms with E-state index in [1.54, 1.807) is 6.08 Å². The molecule has 1 rings (SSSR count). The van der Waals surface area contributed by atoms with Crippen molar-refractivity contribution in [2.24, 2.45) is 5.73 Å². The molecule has 0 spiro atoms. The third kappa shape index (κ3) is 0.699. The number of nitrogens with zero attached hydrogens (tertiary/aromatic N) is 1. The van der Waals surface area contributed by atoms with E-state index in [0.717, 1.165) is 5.71 Å². The minimum Gasteiger partial charge on any atom is -0.273 e. The van der Waals surface area contributed by atoms with Crippen LogP contribution in [0.2, 0.25) is 0 Å². The molecule has 0 atom stereocenters. The monoisotopic (exact) mass is 95.1 g/mol. The summed E-state index contributed by atoms with van der Waals surface area (Å²) in [6.07, 6.45) is 3.67. The zero-order valence-electron chi connectivity index (χ0n) is 4.18. The molecule has 36 valence electrons. The van der Waals surface area contributed by atoms with Gasteiger partial charge in [0.1, 0.15) is 0 Å². The molecule has 7 heavy (non-hydrogen) atoms. The number of nitrogens with two attached hydrogens (primary N) is 1. The van der Waals surface area contributed by atoms with Crippen LogP contribution in [-0.2, 0) is 0 Å². The Morgan fingerprint density at radius 2 is 2.29 bits per heavy atom. The summed E-state index contributed by atoms with van der Waals surface area (Å²) in [6.45, 7) is 1.91. The van der Waals surface area contributed by atoms with E-state index in [2.05, 4.69) is 4.67 Å². The topological polar surface area (TPSA) is 40.1 Å². The minimum atomic E-state index is 0.609. The summed E-state index contributed by atoms with van der Waals surface area (Å²) in [7, 11) is 0. The first-order chi connectivity index (χ1) is 3.29. The number of hydrogen-bond donors (Lipinski definition) is 1. The van der Waals surface area contributed by atoms with E-state index in [9.17, 15) is 0 Å². The summed E-state index contributed by atoms with van der Waals surface area (Å²) in [4.78, 5) is 0. The van der Waals surface area contributed by atoms with E-state index in [1.807, 2.05) is 13.0 Å². The molecule has 0 fully saturated rings. The molecule has 0 aromatic carbocycles. The smallest absolute Gasteiger partial charge is 0.273 e. The number of hydrogen-bond acceptors (Lipinski definition) is 1. The highest BCUT2D eigenvalue weighted by atomic mass is 14.8. The van der Waals surface area contributed by atoms with Crippen LogP contribution < -0.4 is 10.4 Å². The Morgan fingerprint density at radius 1 is 1.57 bits per heavy atom. The third-order valence-electron chi connectivity index (χ3n) is 0.801. The lowest BCUT2D eigenvalue weighted by Gasteiger charge is -1.58. The van der Waals surface area contributed by atoms with Gasteiger partial charge in [0.15, 0.2) is 0 Å². The average molecular weight is 95.1 g/mol. The Labute approximate surface area is 42.1 Å². The quantitative estimate of drug-likeness (QED) is 0.402. The molecular formula is C5H7N2+. The summed E-state index contributed by atoms with van der Waals surface area (Å²) >= 11 is 0. The molecule has 0 saturated carbocycles. The number of allylic oxidation sites excluding steroid dienone is 1. The van der Waals surface area contributed by atoms with Crippen molar-refractivity contribution in [3.05, 3.63) is 12.2 Å². The molecule has 0 bridgehead atoms. The van der Waals surface area contributed by atoms with Crippen molar-refractivity contribution < 1.29 is 0 Å². The highest BCUT2D eigenvalue weighted by molar-refractivity contribution is 6.07. The van der Waals surface area contributed by atoms with Crippen molar-refractivity contribution >= 4 is 11.5 Å². The molecule has 0 radical (unpaired) electrons. The SMILES string of the molecule is CC1=[N+]=C(N)C=C1.